The van der Waals surface area contributed by atoms with Gasteiger partial charge in [-0.25, -0.2) is 4.39 Å². The molecule has 2 amide bonds. The fourth-order valence-corrected chi connectivity index (χ4v) is 6.60. The first-order valence-electron chi connectivity index (χ1n) is 11.3. The lowest BCUT2D eigenvalue weighted by Crippen LogP contribution is -2.42. The van der Waals surface area contributed by atoms with Gasteiger partial charge in [-0.3, -0.25) is 14.5 Å². The lowest BCUT2D eigenvalue weighted by molar-refractivity contribution is -0.130. The van der Waals surface area contributed by atoms with E-state index < -0.39 is 21.1 Å². The zero-order chi connectivity index (χ0) is 25.0. The SMILES string of the molecule is COc1cccc(NC(=O)CC2SC(=NS(=O)(=O)c3ccc(F)cc3)N(C3CCCCC3)C2=O)c1. The lowest BCUT2D eigenvalue weighted by Gasteiger charge is -2.30. The first-order chi connectivity index (χ1) is 16.8. The van der Waals surface area contributed by atoms with Crippen molar-refractivity contribution < 1.29 is 27.1 Å². The Morgan fingerprint density at radius 2 is 1.89 bits per heavy atom. The Hall–Kier alpha value is -2.92. The third-order valence-electron chi connectivity index (χ3n) is 5.94. The van der Waals surface area contributed by atoms with Crippen LogP contribution >= 0.6 is 11.8 Å². The van der Waals surface area contributed by atoms with Crippen molar-refractivity contribution >= 4 is 44.5 Å². The largest absolute Gasteiger partial charge is 0.497 e. The Bertz CT molecular complexity index is 1230. The zero-order valence-electron chi connectivity index (χ0n) is 19.1. The highest BCUT2D eigenvalue weighted by molar-refractivity contribution is 8.16. The van der Waals surface area contributed by atoms with Gasteiger partial charge in [-0.1, -0.05) is 37.1 Å². The Balaban J connectivity index is 1.56. The number of hydrogen-bond donors (Lipinski definition) is 1. The molecule has 0 bridgehead atoms. The van der Waals surface area contributed by atoms with Gasteiger partial charge in [-0.05, 0) is 49.2 Å². The lowest BCUT2D eigenvalue weighted by atomic mass is 9.94. The summed E-state index contributed by atoms with van der Waals surface area (Å²) < 4.78 is 48.2. The topological polar surface area (TPSA) is 105 Å². The third kappa shape index (κ3) is 6.02. The molecule has 2 aromatic rings. The molecule has 8 nitrogen and oxygen atoms in total. The number of amidine groups is 1. The molecule has 1 atom stereocenters. The Morgan fingerprint density at radius 1 is 1.17 bits per heavy atom. The van der Waals surface area contributed by atoms with E-state index in [2.05, 4.69) is 9.71 Å². The van der Waals surface area contributed by atoms with Crippen LogP contribution in [0.2, 0.25) is 0 Å². The molecule has 1 aliphatic carbocycles. The van der Waals surface area contributed by atoms with Crippen LogP contribution in [0.5, 0.6) is 5.75 Å². The van der Waals surface area contributed by atoms with Gasteiger partial charge < -0.3 is 10.1 Å². The number of sulfonamides is 1. The summed E-state index contributed by atoms with van der Waals surface area (Å²) in [5.74, 6) is -0.683. The summed E-state index contributed by atoms with van der Waals surface area (Å²) in [5, 5.41) is 2.02. The number of carbonyl (C=O) groups excluding carboxylic acids is 2. The van der Waals surface area contributed by atoms with E-state index in [0.717, 1.165) is 68.1 Å². The van der Waals surface area contributed by atoms with Crippen LogP contribution in [0, 0.1) is 5.82 Å². The normalized spacial score (nSPS) is 20.3. The zero-order valence-corrected chi connectivity index (χ0v) is 20.8. The van der Waals surface area contributed by atoms with Crippen molar-refractivity contribution in [2.75, 3.05) is 12.4 Å². The predicted molar refractivity (Wildman–Crippen MR) is 132 cm³/mol. The molecule has 4 rings (SSSR count). The van der Waals surface area contributed by atoms with E-state index >= 15 is 0 Å². The molecule has 1 heterocycles. The van der Waals surface area contributed by atoms with E-state index in [1.807, 2.05) is 0 Å². The number of nitrogens with zero attached hydrogens (tertiary/aromatic N) is 2. The second-order valence-electron chi connectivity index (χ2n) is 8.39. The quantitative estimate of drug-likeness (QED) is 0.588. The monoisotopic (exact) mass is 519 g/mol. The van der Waals surface area contributed by atoms with Gasteiger partial charge in [0.1, 0.15) is 16.8 Å². The summed E-state index contributed by atoms with van der Waals surface area (Å²) >= 11 is 0.979. The van der Waals surface area contributed by atoms with Gasteiger partial charge in [0, 0.05) is 24.2 Å². The molecular weight excluding hydrogens is 493 g/mol. The second kappa shape index (κ2) is 10.8. The van der Waals surface area contributed by atoms with Crippen LogP contribution in [0.1, 0.15) is 38.5 Å². The first-order valence-corrected chi connectivity index (χ1v) is 13.6. The summed E-state index contributed by atoms with van der Waals surface area (Å²) in [6, 6.07) is 11.1. The van der Waals surface area contributed by atoms with Crippen molar-refractivity contribution in [2.24, 2.45) is 4.40 Å². The molecular formula is C24H26FN3O5S2. The number of amides is 2. The van der Waals surface area contributed by atoms with Crippen molar-refractivity contribution in [3.05, 3.63) is 54.3 Å². The molecule has 0 spiro atoms. The van der Waals surface area contributed by atoms with Gasteiger partial charge >= 0.3 is 0 Å². The second-order valence-corrected chi connectivity index (χ2v) is 11.2. The number of benzene rings is 2. The van der Waals surface area contributed by atoms with Gasteiger partial charge in [-0.2, -0.15) is 8.42 Å². The van der Waals surface area contributed by atoms with E-state index in [9.17, 15) is 22.4 Å². The number of hydrogen-bond acceptors (Lipinski definition) is 6. The van der Waals surface area contributed by atoms with Crippen LogP contribution in [0.25, 0.3) is 0 Å². The maximum atomic E-state index is 13.4. The van der Waals surface area contributed by atoms with Crippen LogP contribution in [0.3, 0.4) is 0 Å². The molecule has 1 unspecified atom stereocenters. The van der Waals surface area contributed by atoms with Gasteiger partial charge in [0.25, 0.3) is 10.0 Å². The molecule has 2 aliphatic rings. The van der Waals surface area contributed by atoms with E-state index in [4.69, 9.17) is 4.74 Å². The van der Waals surface area contributed by atoms with Crippen LogP contribution in [0.15, 0.2) is 57.8 Å². The molecule has 2 fully saturated rings. The predicted octanol–water partition coefficient (Wildman–Crippen LogP) is 4.18. The minimum absolute atomic E-state index is 0.0606. The number of nitrogens with one attached hydrogen (secondary N) is 1. The van der Waals surface area contributed by atoms with Crippen LogP contribution < -0.4 is 10.1 Å². The minimum atomic E-state index is -4.17. The Morgan fingerprint density at radius 3 is 2.57 bits per heavy atom. The maximum Gasteiger partial charge on any atom is 0.284 e. The van der Waals surface area contributed by atoms with Crippen LogP contribution in [-0.4, -0.2) is 48.7 Å². The highest BCUT2D eigenvalue weighted by atomic mass is 32.2. The molecule has 1 saturated heterocycles. The maximum absolute atomic E-state index is 13.4. The van der Waals surface area contributed by atoms with Crippen molar-refractivity contribution in [1.82, 2.24) is 4.90 Å². The molecule has 1 N–H and O–H groups in total. The molecule has 35 heavy (non-hydrogen) atoms. The minimum Gasteiger partial charge on any atom is -0.497 e. The number of halogens is 1. The van der Waals surface area contributed by atoms with Crippen molar-refractivity contribution in [3.8, 4) is 5.75 Å². The third-order valence-corrected chi connectivity index (χ3v) is 8.49. The number of rotatable bonds is 7. The highest BCUT2D eigenvalue weighted by Gasteiger charge is 2.43. The van der Waals surface area contributed by atoms with Crippen LogP contribution in [-0.2, 0) is 19.6 Å². The van der Waals surface area contributed by atoms with E-state index in [-0.39, 0.29) is 34.3 Å². The first kappa shape index (κ1) is 25.2. The number of methoxy groups -OCH3 is 1. The van der Waals surface area contributed by atoms with Crippen molar-refractivity contribution in [3.63, 3.8) is 0 Å². The van der Waals surface area contributed by atoms with Gasteiger partial charge in [0.15, 0.2) is 5.17 Å². The van der Waals surface area contributed by atoms with Crippen LogP contribution in [0.4, 0.5) is 10.1 Å². The average Bonchev–Trinajstić information content (AvgIpc) is 3.13. The molecule has 0 aromatic heterocycles. The highest BCUT2D eigenvalue weighted by Crippen LogP contribution is 2.36. The molecule has 2 aromatic carbocycles. The number of thioether (sulfide) groups is 1. The summed E-state index contributed by atoms with van der Waals surface area (Å²) in [6.07, 6.45) is 4.25. The fourth-order valence-electron chi connectivity index (χ4n) is 4.20. The number of carbonyl (C=O) groups is 2. The summed E-state index contributed by atoms with van der Waals surface area (Å²) in [7, 11) is -2.65. The smallest absolute Gasteiger partial charge is 0.284 e. The van der Waals surface area contributed by atoms with E-state index in [0.29, 0.717) is 11.4 Å². The molecule has 1 saturated carbocycles. The Kier molecular flexibility index (Phi) is 7.75. The van der Waals surface area contributed by atoms with E-state index in [1.165, 1.54) is 12.0 Å². The summed E-state index contributed by atoms with van der Waals surface area (Å²) in [4.78, 5) is 27.4. The molecule has 0 radical (unpaired) electrons. The fraction of sp³-hybridized carbons (Fsp3) is 0.375. The van der Waals surface area contributed by atoms with Crippen molar-refractivity contribution in [2.45, 2.75) is 54.7 Å². The Labute approximate surface area is 208 Å². The molecule has 11 heteroatoms. The summed E-state index contributed by atoms with van der Waals surface area (Å²) in [6.45, 7) is 0. The van der Waals surface area contributed by atoms with Gasteiger partial charge in [0.05, 0.1) is 12.0 Å². The number of anilines is 1. The molecule has 186 valence electrons. The van der Waals surface area contributed by atoms with Crippen molar-refractivity contribution in [1.29, 1.82) is 0 Å². The number of ether oxygens (including phenoxy) is 1. The van der Waals surface area contributed by atoms with E-state index in [1.54, 1.807) is 24.3 Å². The van der Waals surface area contributed by atoms with Gasteiger partial charge in [0.2, 0.25) is 11.8 Å². The molecule has 1 aliphatic heterocycles. The average molecular weight is 520 g/mol. The standard InChI is InChI=1S/C24H26FN3O5S2/c1-33-19-9-5-6-17(14-19)26-22(29)15-21-23(30)28(18-7-3-2-4-8-18)24(34-21)27-35(31,32)20-12-10-16(25)11-13-20/h5-6,9-14,18,21H,2-4,7-8,15H2,1H3,(H,26,29). The summed E-state index contributed by atoms with van der Waals surface area (Å²) in [5.41, 5.74) is 0.529. The van der Waals surface area contributed by atoms with Gasteiger partial charge in [-0.15, -0.1) is 4.40 Å².